The minimum absolute atomic E-state index is 0.000347. The zero-order chi connectivity index (χ0) is 50.5. The van der Waals surface area contributed by atoms with Crippen LogP contribution in [-0.2, 0) is 4.79 Å². The highest BCUT2D eigenvalue weighted by Gasteiger charge is 2.29. The van der Waals surface area contributed by atoms with E-state index in [1.807, 2.05) is 110 Å². The van der Waals surface area contributed by atoms with Gasteiger partial charge in [-0.1, -0.05) is 50.2 Å². The second-order valence-electron chi connectivity index (χ2n) is 19.5. The van der Waals surface area contributed by atoms with Crippen LogP contribution in [0.5, 0.6) is 0 Å². The smallest absolute Gasteiger partial charge is 0.300 e. The highest BCUT2D eigenvalue weighted by atomic mass is 16.4. The lowest BCUT2D eigenvalue weighted by Gasteiger charge is -2.33. The molecule has 0 unspecified atom stereocenters. The highest BCUT2D eigenvalue weighted by molar-refractivity contribution is 5.99. The average Bonchev–Trinajstić information content (AvgIpc) is 4.19. The number of nitrogens with two attached hydrogens (primary N) is 2. The summed E-state index contributed by atoms with van der Waals surface area (Å²) < 4.78 is 15.9. The molecule has 8 heterocycles. The zero-order valence-electron chi connectivity index (χ0n) is 41.8. The van der Waals surface area contributed by atoms with Crippen LogP contribution in [0.15, 0.2) is 94.3 Å². The topological polar surface area (TPSA) is 248 Å². The Morgan fingerprint density at radius 3 is 1.51 bits per heavy atom. The van der Waals surface area contributed by atoms with Gasteiger partial charge < -0.3 is 41.2 Å². The predicted octanol–water partition coefficient (Wildman–Crippen LogP) is 9.90. The lowest BCUT2D eigenvalue weighted by molar-refractivity contribution is -0.135. The molecular formula is C54H58N16O3. The molecule has 73 heavy (non-hydrogen) atoms. The van der Waals surface area contributed by atoms with E-state index in [0.29, 0.717) is 48.4 Å². The summed E-state index contributed by atoms with van der Waals surface area (Å²) in [6, 6.07) is 25.4. The van der Waals surface area contributed by atoms with Crippen LogP contribution in [0.25, 0.3) is 66.8 Å². The second-order valence-corrected chi connectivity index (χ2v) is 19.5. The van der Waals surface area contributed by atoms with Gasteiger partial charge in [0.2, 0.25) is 5.91 Å². The summed E-state index contributed by atoms with van der Waals surface area (Å²) in [6.45, 7) is 15.4. The van der Waals surface area contributed by atoms with Crippen LogP contribution < -0.4 is 27.4 Å². The summed E-state index contributed by atoms with van der Waals surface area (Å²) in [5, 5.41) is 21.4. The van der Waals surface area contributed by atoms with E-state index in [1.54, 1.807) is 0 Å². The number of hydrogen-bond donors (Lipinski definition) is 5. The predicted molar refractivity (Wildman–Crippen MR) is 285 cm³/mol. The third kappa shape index (κ3) is 9.22. The Kier molecular flexibility index (Phi) is 12.4. The first-order valence-electron chi connectivity index (χ1n) is 24.8. The molecule has 2 aliphatic rings. The van der Waals surface area contributed by atoms with Gasteiger partial charge in [0, 0.05) is 41.5 Å². The lowest BCUT2D eigenvalue weighted by atomic mass is 10.0. The molecule has 0 bridgehead atoms. The number of carbonyl (C=O) groups excluding carboxylic acids is 1. The molecule has 0 spiro atoms. The van der Waals surface area contributed by atoms with Gasteiger partial charge in [-0.2, -0.15) is 20.2 Å². The number of oxazole rings is 2. The number of amides is 1. The lowest BCUT2D eigenvalue weighted by Crippen LogP contribution is -2.41. The van der Waals surface area contributed by atoms with Crippen molar-refractivity contribution >= 4 is 85.2 Å². The highest BCUT2D eigenvalue weighted by Crippen LogP contribution is 2.37. The van der Waals surface area contributed by atoms with Gasteiger partial charge in [0.25, 0.3) is 12.0 Å². The minimum atomic E-state index is -0.000347. The van der Waals surface area contributed by atoms with Crippen LogP contribution in [0.1, 0.15) is 73.9 Å². The molecule has 0 radical (unpaired) electrons. The van der Waals surface area contributed by atoms with Crippen LogP contribution in [0.2, 0.25) is 0 Å². The number of aromatic nitrogens is 10. The molecule has 0 saturated carbocycles. The fraction of sp³-hybridized carbons (Fsp3) is 0.315. The third-order valence-electron chi connectivity index (χ3n) is 13.8. The van der Waals surface area contributed by atoms with Gasteiger partial charge >= 0.3 is 0 Å². The summed E-state index contributed by atoms with van der Waals surface area (Å²) in [4.78, 5) is 41.1. The number of fused-ring (bicyclic) bond motifs is 4. The number of anilines is 6. The Hall–Kier alpha value is -8.45. The van der Waals surface area contributed by atoms with E-state index in [9.17, 15) is 4.79 Å². The van der Waals surface area contributed by atoms with E-state index in [1.165, 1.54) is 12.7 Å². The van der Waals surface area contributed by atoms with Gasteiger partial charge in [0.1, 0.15) is 46.7 Å². The van der Waals surface area contributed by atoms with Gasteiger partial charge in [-0.25, -0.2) is 29.3 Å². The number of benzene rings is 4. The van der Waals surface area contributed by atoms with Gasteiger partial charge in [-0.15, -0.1) is 0 Å². The van der Waals surface area contributed by atoms with Gasteiger partial charge in [0.15, 0.2) is 22.5 Å². The fourth-order valence-electron chi connectivity index (χ4n) is 10.2. The monoisotopic (exact) mass is 978 g/mol. The summed E-state index contributed by atoms with van der Waals surface area (Å²) in [6.07, 6.45) is 6.62. The summed E-state index contributed by atoms with van der Waals surface area (Å²) >= 11 is 0. The number of likely N-dealkylation sites (tertiary alicyclic amines) is 1. The van der Waals surface area contributed by atoms with E-state index in [4.69, 9.17) is 30.5 Å². The first-order chi connectivity index (χ1) is 35.3. The molecule has 2 saturated heterocycles. The quantitative estimate of drug-likeness (QED) is 0.0902. The van der Waals surface area contributed by atoms with Crippen molar-refractivity contribution in [1.29, 1.82) is 0 Å². The molecular weight excluding hydrogens is 921 g/mol. The Labute approximate surface area is 420 Å². The van der Waals surface area contributed by atoms with E-state index in [0.717, 1.165) is 134 Å². The molecule has 372 valence electrons. The molecule has 1 amide bonds. The van der Waals surface area contributed by atoms with Gasteiger partial charge in [0.05, 0.1) is 22.9 Å². The SMILES string of the molecule is Cc1cc(C)c2oc(Nc3ccc(-c4nn(C5CCN(C(=O)C(C)C)CC5)c5ncnc(N)c45)cc3)nc2c1.Cc1cc(C)c2oc(Nc3ccc(-c4nn(C5CCNCC5)c5ncnc(N)c45)cc3)nc2c1. The first kappa shape index (κ1) is 46.9. The zero-order valence-corrected chi connectivity index (χ0v) is 41.8. The van der Waals surface area contributed by atoms with Crippen molar-refractivity contribution in [2.75, 3.05) is 48.3 Å². The van der Waals surface area contributed by atoms with Gasteiger partial charge in [-0.3, -0.25) is 4.79 Å². The van der Waals surface area contributed by atoms with E-state index in [2.05, 4.69) is 64.9 Å². The maximum atomic E-state index is 12.5. The normalized spacial score (nSPS) is 14.6. The number of nitrogens with zero attached hydrogens (tertiary/aromatic N) is 11. The molecule has 2 fully saturated rings. The molecule has 2 aliphatic heterocycles. The third-order valence-corrected chi connectivity index (χ3v) is 13.8. The molecule has 0 aliphatic carbocycles. The molecule has 12 rings (SSSR count). The van der Waals surface area contributed by atoms with Crippen molar-refractivity contribution in [3.05, 3.63) is 108 Å². The van der Waals surface area contributed by atoms with E-state index in [-0.39, 0.29) is 17.9 Å². The number of hydrogen-bond acceptors (Lipinski definition) is 16. The van der Waals surface area contributed by atoms with Crippen molar-refractivity contribution in [2.45, 2.75) is 79.3 Å². The molecule has 4 aromatic carbocycles. The second kappa shape index (κ2) is 19.3. The molecule has 19 heteroatoms. The Morgan fingerprint density at radius 2 is 1.07 bits per heavy atom. The first-order valence-corrected chi connectivity index (χ1v) is 24.8. The van der Waals surface area contributed by atoms with Crippen molar-refractivity contribution in [2.24, 2.45) is 5.92 Å². The summed E-state index contributed by atoms with van der Waals surface area (Å²) in [5.74, 6) is 1.04. The fourth-order valence-corrected chi connectivity index (χ4v) is 10.2. The Balaban J connectivity index is 0.000000159. The number of nitrogen functional groups attached to an aromatic ring is 2. The number of aryl methyl sites for hydroxylation is 4. The maximum Gasteiger partial charge on any atom is 0.300 e. The van der Waals surface area contributed by atoms with Crippen LogP contribution in [0.4, 0.5) is 35.0 Å². The van der Waals surface area contributed by atoms with Crippen molar-refractivity contribution in [1.82, 2.24) is 59.7 Å². The molecule has 19 nitrogen and oxygen atoms in total. The van der Waals surface area contributed by atoms with E-state index < -0.39 is 0 Å². The maximum absolute atomic E-state index is 12.5. The van der Waals surface area contributed by atoms with Crippen LogP contribution >= 0.6 is 0 Å². The summed E-state index contributed by atoms with van der Waals surface area (Å²) in [5.41, 5.74) is 26.9. The van der Waals surface area contributed by atoms with Crippen molar-refractivity contribution in [3.8, 4) is 22.5 Å². The number of piperidine rings is 2. The molecule has 10 aromatic rings. The van der Waals surface area contributed by atoms with Crippen LogP contribution in [-0.4, -0.2) is 86.5 Å². The van der Waals surface area contributed by atoms with Crippen LogP contribution in [0.3, 0.4) is 0 Å². The Morgan fingerprint density at radius 1 is 0.630 bits per heavy atom. The van der Waals surface area contributed by atoms with Gasteiger partial charge in [-0.05, 0) is 125 Å². The number of nitrogens with one attached hydrogen (secondary N) is 3. The number of rotatable bonds is 9. The van der Waals surface area contributed by atoms with Crippen LogP contribution in [0, 0.1) is 33.6 Å². The minimum Gasteiger partial charge on any atom is -0.423 e. The largest absolute Gasteiger partial charge is 0.423 e. The molecule has 6 aromatic heterocycles. The standard InChI is InChI=1S/C29H32N8O2.C25H26N8O/c1-16(2)28(38)36-11-9-21(10-12-36)37-27-23(26(30)31-15-32-27)24(35-37)19-5-7-20(8-6-19)33-29-34-22-14-17(3)13-18(4)25(22)39-29;1-14-11-15(2)22-19(12-14)31-25(34-22)30-17-5-3-16(4-6-17)21-20-23(26)28-13-29-24(20)33(32-21)18-7-9-27-10-8-18/h5-8,13-16,21H,9-12H2,1-4H3,(H,33,34)(H2,30,31,32);3-6,11-13,18,27H,7-10H2,1-2H3,(H,30,31)(H2,26,28,29). The average molecular weight is 979 g/mol. The number of carbonyl (C=O) groups is 1. The van der Waals surface area contributed by atoms with E-state index >= 15 is 0 Å². The Bertz CT molecular complexity index is 3650. The van der Waals surface area contributed by atoms with Crippen molar-refractivity contribution < 1.29 is 13.6 Å². The molecule has 0 atom stereocenters. The van der Waals surface area contributed by atoms with Crippen molar-refractivity contribution in [3.63, 3.8) is 0 Å². The molecule has 7 N–H and O–H groups in total. The summed E-state index contributed by atoms with van der Waals surface area (Å²) in [7, 11) is 0.